The first kappa shape index (κ1) is 24.8. The number of nitrogens with zero attached hydrogens (tertiary/aromatic N) is 4. The number of nitrogens with two attached hydrogens (primary N) is 1. The number of hydrogen-bond donors (Lipinski definition) is 3. The lowest BCUT2D eigenvalue weighted by Crippen LogP contribution is -2.51. The second-order valence-electron chi connectivity index (χ2n) is 8.65. The summed E-state index contributed by atoms with van der Waals surface area (Å²) in [7, 11) is 0. The first-order valence-electron chi connectivity index (χ1n) is 10.5. The zero-order chi connectivity index (χ0) is 20.9. The van der Waals surface area contributed by atoms with E-state index in [9.17, 15) is 5.11 Å². The standard InChI is InChI=1S/C22H28N6O2.2H2S/c1-13-19(15-3-4-16-10-24-27-17(16)9-15)26-18(11-29)21(25-13)28-7-5-22(6-8-28)12-30-14(2)20(22)23;;/h3-4,9-10,14,20,29H,5-8,11-12,23H2,1-2H3,(H,24,27);2*1H2/t14-,20+;;/m0../s1. The van der Waals surface area contributed by atoms with Crippen molar-refractivity contribution in [2.45, 2.75) is 45.4 Å². The van der Waals surface area contributed by atoms with Crippen LogP contribution in [0.5, 0.6) is 0 Å². The van der Waals surface area contributed by atoms with Gasteiger partial charge in [-0.1, -0.05) is 12.1 Å². The summed E-state index contributed by atoms with van der Waals surface area (Å²) in [5.74, 6) is 0.775. The smallest absolute Gasteiger partial charge is 0.153 e. The Morgan fingerprint density at radius 2 is 2.00 bits per heavy atom. The van der Waals surface area contributed by atoms with Gasteiger partial charge < -0.3 is 20.5 Å². The van der Waals surface area contributed by atoms with Gasteiger partial charge in [0, 0.05) is 35.5 Å². The van der Waals surface area contributed by atoms with Crippen molar-refractivity contribution in [3.05, 3.63) is 35.8 Å². The van der Waals surface area contributed by atoms with Crippen molar-refractivity contribution in [1.82, 2.24) is 20.2 Å². The molecule has 8 nitrogen and oxygen atoms in total. The molecule has 2 aliphatic heterocycles. The Bertz CT molecular complexity index is 1080. The third kappa shape index (κ3) is 4.10. The van der Waals surface area contributed by atoms with E-state index in [2.05, 4.69) is 22.0 Å². The van der Waals surface area contributed by atoms with Crippen molar-refractivity contribution in [3.63, 3.8) is 0 Å². The monoisotopic (exact) mass is 476 g/mol. The normalized spacial score (nSPS) is 22.1. The number of aromatic amines is 1. The maximum atomic E-state index is 10.0. The number of anilines is 1. The number of piperidine rings is 1. The molecular formula is C22H32N6O2S2. The lowest BCUT2D eigenvalue weighted by molar-refractivity contribution is 0.0973. The van der Waals surface area contributed by atoms with Crippen LogP contribution in [0, 0.1) is 12.3 Å². The van der Waals surface area contributed by atoms with E-state index < -0.39 is 0 Å². The van der Waals surface area contributed by atoms with Crippen LogP contribution in [-0.4, -0.2) is 57.1 Å². The van der Waals surface area contributed by atoms with Gasteiger partial charge in [0.2, 0.25) is 0 Å². The molecule has 0 saturated carbocycles. The molecule has 174 valence electrons. The number of hydrogen-bond acceptors (Lipinski definition) is 7. The van der Waals surface area contributed by atoms with Crippen LogP contribution in [0.1, 0.15) is 31.2 Å². The van der Waals surface area contributed by atoms with Gasteiger partial charge in [0.1, 0.15) is 5.69 Å². The van der Waals surface area contributed by atoms with Gasteiger partial charge in [-0.25, -0.2) is 9.97 Å². The molecule has 5 rings (SSSR count). The second kappa shape index (κ2) is 9.56. The number of H-pyrrole nitrogens is 1. The third-order valence-electron chi connectivity index (χ3n) is 6.89. The van der Waals surface area contributed by atoms with Gasteiger partial charge in [-0.05, 0) is 32.8 Å². The van der Waals surface area contributed by atoms with E-state index in [1.165, 1.54) is 0 Å². The molecule has 0 bridgehead atoms. The van der Waals surface area contributed by atoms with Crippen molar-refractivity contribution in [2.75, 3.05) is 24.6 Å². The number of nitrogens with one attached hydrogen (secondary N) is 1. The molecule has 4 N–H and O–H groups in total. The van der Waals surface area contributed by atoms with Crippen LogP contribution < -0.4 is 10.6 Å². The van der Waals surface area contributed by atoms with Crippen molar-refractivity contribution in [2.24, 2.45) is 11.1 Å². The molecule has 1 spiro atoms. The Morgan fingerprint density at radius 1 is 1.25 bits per heavy atom. The number of aryl methyl sites for hydroxylation is 1. The van der Waals surface area contributed by atoms with Gasteiger partial charge in [-0.15, -0.1) is 0 Å². The first-order chi connectivity index (χ1) is 14.5. The van der Waals surface area contributed by atoms with Gasteiger partial charge in [-0.3, -0.25) is 5.10 Å². The molecule has 4 heterocycles. The molecule has 2 atom stereocenters. The van der Waals surface area contributed by atoms with E-state index >= 15 is 0 Å². The highest BCUT2D eigenvalue weighted by Gasteiger charge is 2.47. The highest BCUT2D eigenvalue weighted by atomic mass is 32.1. The number of ether oxygens (including phenoxy) is 1. The molecule has 2 aliphatic rings. The second-order valence-corrected chi connectivity index (χ2v) is 8.65. The molecule has 0 unspecified atom stereocenters. The van der Waals surface area contributed by atoms with E-state index in [1.54, 1.807) is 6.20 Å². The summed E-state index contributed by atoms with van der Waals surface area (Å²) in [5, 5.41) is 18.2. The Hall–Kier alpha value is -1.85. The predicted octanol–water partition coefficient (Wildman–Crippen LogP) is 2.38. The van der Waals surface area contributed by atoms with E-state index in [0.29, 0.717) is 5.69 Å². The Labute approximate surface area is 201 Å². The topological polar surface area (TPSA) is 113 Å². The molecule has 0 radical (unpaired) electrons. The molecule has 2 aromatic heterocycles. The molecule has 2 fully saturated rings. The van der Waals surface area contributed by atoms with Crippen molar-refractivity contribution >= 4 is 43.7 Å². The highest BCUT2D eigenvalue weighted by molar-refractivity contribution is 7.59. The fourth-order valence-electron chi connectivity index (χ4n) is 4.90. The number of aromatic nitrogens is 4. The molecule has 3 aromatic rings. The number of aliphatic hydroxyl groups is 1. The number of rotatable bonds is 3. The lowest BCUT2D eigenvalue weighted by atomic mass is 9.73. The third-order valence-corrected chi connectivity index (χ3v) is 6.89. The minimum atomic E-state index is -0.150. The van der Waals surface area contributed by atoms with Crippen LogP contribution in [0.15, 0.2) is 24.4 Å². The average molecular weight is 477 g/mol. The van der Waals surface area contributed by atoms with Crippen molar-refractivity contribution < 1.29 is 9.84 Å². The Kier molecular flexibility index (Phi) is 7.41. The van der Waals surface area contributed by atoms with Crippen LogP contribution in [-0.2, 0) is 11.3 Å². The van der Waals surface area contributed by atoms with Crippen LogP contribution in [0.3, 0.4) is 0 Å². The van der Waals surface area contributed by atoms with Crippen LogP contribution in [0.2, 0.25) is 0 Å². The van der Waals surface area contributed by atoms with Gasteiger partial charge in [0.05, 0.1) is 42.4 Å². The number of fused-ring (bicyclic) bond motifs is 1. The first-order valence-corrected chi connectivity index (χ1v) is 10.5. The number of aliphatic hydroxyl groups excluding tert-OH is 1. The average Bonchev–Trinajstić information content (AvgIpc) is 3.34. The minimum Gasteiger partial charge on any atom is -0.390 e. The zero-order valence-corrected chi connectivity index (χ0v) is 20.4. The van der Waals surface area contributed by atoms with E-state index in [0.717, 1.165) is 66.2 Å². The summed E-state index contributed by atoms with van der Waals surface area (Å²) in [6, 6.07) is 6.13. The fourth-order valence-corrected chi connectivity index (χ4v) is 4.90. The van der Waals surface area contributed by atoms with Gasteiger partial charge in [0.25, 0.3) is 0 Å². The highest BCUT2D eigenvalue weighted by Crippen LogP contribution is 2.42. The molecule has 10 heteroatoms. The summed E-state index contributed by atoms with van der Waals surface area (Å²) >= 11 is 0. The van der Waals surface area contributed by atoms with Gasteiger partial charge >= 0.3 is 0 Å². The van der Waals surface area contributed by atoms with Crippen molar-refractivity contribution in [1.29, 1.82) is 0 Å². The van der Waals surface area contributed by atoms with Crippen molar-refractivity contribution in [3.8, 4) is 11.3 Å². The lowest BCUT2D eigenvalue weighted by Gasteiger charge is -2.42. The van der Waals surface area contributed by atoms with E-state index in [1.807, 2.05) is 25.1 Å². The summed E-state index contributed by atoms with van der Waals surface area (Å²) < 4.78 is 5.83. The van der Waals surface area contributed by atoms with Crippen LogP contribution >= 0.6 is 27.0 Å². The van der Waals surface area contributed by atoms with Gasteiger partial charge in [0.15, 0.2) is 5.82 Å². The molecule has 0 amide bonds. The van der Waals surface area contributed by atoms with E-state index in [4.69, 9.17) is 20.4 Å². The SMILES string of the molecule is Cc1nc(N2CCC3(CC2)CO[C@@H](C)[C@H]3N)c(CO)nc1-c1ccc2cn[nH]c2c1.S.S. The molecule has 1 aromatic carbocycles. The molecule has 0 aliphatic carbocycles. The largest absolute Gasteiger partial charge is 0.390 e. The maximum absolute atomic E-state index is 10.0. The molecule has 2 saturated heterocycles. The van der Waals surface area contributed by atoms with E-state index in [-0.39, 0.29) is 51.2 Å². The Balaban J connectivity index is 0.00000144. The van der Waals surface area contributed by atoms with Crippen LogP contribution in [0.4, 0.5) is 5.82 Å². The Morgan fingerprint density at radius 3 is 2.66 bits per heavy atom. The number of benzene rings is 1. The van der Waals surface area contributed by atoms with Crippen LogP contribution in [0.25, 0.3) is 22.2 Å². The summed E-state index contributed by atoms with van der Waals surface area (Å²) in [6.07, 6.45) is 3.83. The van der Waals surface area contributed by atoms with Gasteiger partial charge in [-0.2, -0.15) is 32.1 Å². The summed E-state index contributed by atoms with van der Waals surface area (Å²) in [4.78, 5) is 11.9. The molecule has 32 heavy (non-hydrogen) atoms. The predicted molar refractivity (Wildman–Crippen MR) is 136 cm³/mol. The summed E-state index contributed by atoms with van der Waals surface area (Å²) in [6.45, 7) is 6.29. The zero-order valence-electron chi connectivity index (χ0n) is 18.4. The molecular weight excluding hydrogens is 444 g/mol. The minimum absolute atomic E-state index is 0. The quantitative estimate of drug-likeness (QED) is 0.532. The summed E-state index contributed by atoms with van der Waals surface area (Å²) in [5.41, 5.74) is 10.6. The maximum Gasteiger partial charge on any atom is 0.153 e. The fraction of sp³-hybridized carbons (Fsp3) is 0.500.